The van der Waals surface area contributed by atoms with Crippen LogP contribution in [-0.2, 0) is 22.4 Å². The summed E-state index contributed by atoms with van der Waals surface area (Å²) in [6.07, 6.45) is 9.22. The number of aromatic nitrogens is 6. The van der Waals surface area contributed by atoms with E-state index >= 15 is 0 Å². The maximum absolute atomic E-state index is 11.4. The van der Waals surface area contributed by atoms with Crippen LogP contribution in [0.15, 0.2) is 97.1 Å². The normalized spacial score (nSPS) is 11.0. The highest BCUT2D eigenvalue weighted by Gasteiger charge is 2.11. The number of ether oxygens (including phenoxy) is 1. The molecule has 0 atom stereocenters. The van der Waals surface area contributed by atoms with Crippen LogP contribution in [0.4, 0.5) is 0 Å². The van der Waals surface area contributed by atoms with Gasteiger partial charge < -0.3 is 14.9 Å². The van der Waals surface area contributed by atoms with Crippen molar-refractivity contribution < 1.29 is 19.7 Å². The van der Waals surface area contributed by atoms with Gasteiger partial charge in [0.2, 0.25) is 0 Å². The number of carbonyl (C=O) groups is 1. The van der Waals surface area contributed by atoms with Crippen LogP contribution in [-0.4, -0.2) is 52.8 Å². The summed E-state index contributed by atoms with van der Waals surface area (Å²) in [5, 5.41) is 38.0. The lowest BCUT2D eigenvalue weighted by atomic mass is 10.0. The zero-order valence-electron chi connectivity index (χ0n) is 27.5. The number of hydrogen-bond acceptors (Lipinski definition) is 8. The van der Waals surface area contributed by atoms with Crippen molar-refractivity contribution >= 4 is 28.0 Å². The fourth-order valence-electron chi connectivity index (χ4n) is 5.21. The number of rotatable bonds is 13. The number of hydrogen-bond donors (Lipinski definition) is 2. The van der Waals surface area contributed by atoms with Crippen molar-refractivity contribution in [1.82, 2.24) is 30.0 Å². The van der Waals surface area contributed by atoms with Gasteiger partial charge in [0, 0.05) is 12.0 Å². The first-order valence-electron chi connectivity index (χ1n) is 16.4. The van der Waals surface area contributed by atoms with Crippen molar-refractivity contribution in [3.8, 4) is 22.9 Å². The maximum atomic E-state index is 11.4. The molecule has 0 bridgehead atoms. The molecule has 2 heterocycles. The lowest BCUT2D eigenvalue weighted by molar-refractivity contribution is -0.138. The Morgan fingerprint density at radius 3 is 1.75 bits per heavy atom. The molecule has 0 fully saturated rings. The Hall–Kier alpha value is -5.51. The van der Waals surface area contributed by atoms with Crippen molar-refractivity contribution in [1.29, 1.82) is 0 Å². The number of nitrogens with zero attached hydrogens (tertiary/aromatic N) is 6. The highest BCUT2D eigenvalue weighted by atomic mass is 16.5. The minimum absolute atomic E-state index is 0.0815. The molecule has 0 aliphatic carbocycles. The first-order valence-corrected chi connectivity index (χ1v) is 16.4. The van der Waals surface area contributed by atoms with E-state index in [-0.39, 0.29) is 18.1 Å². The van der Waals surface area contributed by atoms with Gasteiger partial charge in [-0.25, -0.2) is 4.79 Å². The van der Waals surface area contributed by atoms with Crippen LogP contribution in [0.1, 0.15) is 63.5 Å². The molecule has 0 unspecified atom stereocenters. The molecule has 10 nitrogen and oxygen atoms in total. The molecule has 0 aliphatic heterocycles. The van der Waals surface area contributed by atoms with Gasteiger partial charge in [0.1, 0.15) is 44.9 Å². The van der Waals surface area contributed by atoms with Crippen LogP contribution in [0, 0.1) is 0 Å². The van der Waals surface area contributed by atoms with Gasteiger partial charge in [-0.2, -0.15) is 0 Å². The second-order valence-corrected chi connectivity index (χ2v) is 11.8. The molecule has 0 spiro atoms. The highest BCUT2D eigenvalue weighted by molar-refractivity contribution is 5.86. The van der Waals surface area contributed by atoms with Crippen molar-refractivity contribution in [3.63, 3.8) is 0 Å². The average molecular weight is 647 g/mol. The second-order valence-electron chi connectivity index (χ2n) is 11.8. The van der Waals surface area contributed by atoms with Gasteiger partial charge in [0.15, 0.2) is 0 Å². The van der Waals surface area contributed by atoms with E-state index in [1.165, 1.54) is 53.7 Å². The molecule has 4 aromatic carbocycles. The van der Waals surface area contributed by atoms with Crippen LogP contribution in [0.3, 0.4) is 0 Å². The Morgan fingerprint density at radius 1 is 0.667 bits per heavy atom. The van der Waals surface area contributed by atoms with Gasteiger partial charge in [-0.1, -0.05) is 82.0 Å². The topological polar surface area (TPSA) is 128 Å². The van der Waals surface area contributed by atoms with E-state index in [1.807, 2.05) is 60.7 Å². The number of phenols is 2. The summed E-state index contributed by atoms with van der Waals surface area (Å²) >= 11 is 0. The Labute approximate surface area is 280 Å². The van der Waals surface area contributed by atoms with E-state index in [1.54, 1.807) is 25.1 Å². The van der Waals surface area contributed by atoms with Gasteiger partial charge in [-0.3, -0.25) is 0 Å². The molecule has 2 N–H and O–H groups in total. The number of unbranched alkanes of at least 4 members (excludes halogenated alkanes) is 5. The third-order valence-corrected chi connectivity index (χ3v) is 7.88. The Balaban J connectivity index is 0.000000188. The first kappa shape index (κ1) is 33.8. The fraction of sp³-hybridized carbons (Fsp3) is 0.289. The SMILES string of the molecule is C=C(C)C(=O)OCCc1ccc(O)c(-n2nc3ccccc3n2)c1.CCCCCCCCc1ccc(-n2nc3ccccc3n2)c(O)c1. The Morgan fingerprint density at radius 2 is 1.19 bits per heavy atom. The molecular formula is C38H42N6O4. The predicted octanol–water partition coefficient (Wildman–Crippen LogP) is 7.82. The smallest absolute Gasteiger partial charge is 0.333 e. The second kappa shape index (κ2) is 16.4. The van der Waals surface area contributed by atoms with E-state index in [4.69, 9.17) is 4.74 Å². The van der Waals surface area contributed by atoms with E-state index in [2.05, 4.69) is 40.0 Å². The third-order valence-electron chi connectivity index (χ3n) is 7.88. The van der Waals surface area contributed by atoms with Crippen LogP contribution < -0.4 is 0 Å². The molecule has 0 saturated heterocycles. The van der Waals surface area contributed by atoms with Gasteiger partial charge >= 0.3 is 5.97 Å². The monoisotopic (exact) mass is 646 g/mol. The minimum atomic E-state index is -0.408. The Bertz CT molecular complexity index is 1930. The zero-order valence-corrected chi connectivity index (χ0v) is 27.5. The molecule has 2 aromatic heterocycles. The molecule has 0 amide bonds. The van der Waals surface area contributed by atoms with E-state index in [0.717, 1.165) is 34.1 Å². The molecule has 6 rings (SSSR count). The molecule has 6 aromatic rings. The zero-order chi connectivity index (χ0) is 33.9. The average Bonchev–Trinajstić information content (AvgIpc) is 3.72. The molecular weight excluding hydrogens is 604 g/mol. The Kier molecular flexibility index (Phi) is 11.5. The predicted molar refractivity (Wildman–Crippen MR) is 188 cm³/mol. The number of aromatic hydroxyl groups is 2. The quantitative estimate of drug-likeness (QED) is 0.0739. The molecule has 0 saturated carbocycles. The molecule has 48 heavy (non-hydrogen) atoms. The van der Waals surface area contributed by atoms with Gasteiger partial charge in [0.25, 0.3) is 0 Å². The summed E-state index contributed by atoms with van der Waals surface area (Å²) in [6.45, 7) is 7.62. The number of esters is 1. The standard InChI is InChI=1S/C20H25N3O.C18H17N3O3/c1-2-3-4-5-6-7-10-16-13-14-19(20(24)15-16)23-21-17-11-8-9-12-18(17)22-23;1-12(2)18(23)24-10-9-13-7-8-17(22)16(11-13)21-19-14-5-3-4-6-15(14)20-21/h8-9,11-15,24H,2-7,10H2,1H3;3-8,11,22H,1,9-10H2,2H3. The number of carbonyl (C=O) groups excluding carboxylic acids is 1. The van der Waals surface area contributed by atoms with Gasteiger partial charge in [0.05, 0.1) is 6.61 Å². The molecule has 0 radical (unpaired) electrons. The van der Waals surface area contributed by atoms with E-state index in [0.29, 0.717) is 23.4 Å². The summed E-state index contributed by atoms with van der Waals surface area (Å²) in [5.41, 5.74) is 6.69. The summed E-state index contributed by atoms with van der Waals surface area (Å²) < 4.78 is 5.09. The highest BCUT2D eigenvalue weighted by Crippen LogP contribution is 2.25. The summed E-state index contributed by atoms with van der Waals surface area (Å²) in [7, 11) is 0. The van der Waals surface area contributed by atoms with Crippen molar-refractivity contribution in [2.75, 3.05) is 6.61 Å². The number of benzene rings is 4. The van der Waals surface area contributed by atoms with Crippen molar-refractivity contribution in [2.24, 2.45) is 0 Å². The molecule has 10 heteroatoms. The third kappa shape index (κ3) is 8.85. The van der Waals surface area contributed by atoms with E-state index in [9.17, 15) is 15.0 Å². The van der Waals surface area contributed by atoms with Gasteiger partial charge in [-0.15, -0.1) is 30.0 Å². The van der Waals surface area contributed by atoms with Crippen molar-refractivity contribution in [2.45, 2.75) is 65.2 Å². The van der Waals surface area contributed by atoms with Crippen molar-refractivity contribution in [3.05, 3.63) is 108 Å². The number of fused-ring (bicyclic) bond motifs is 2. The van der Waals surface area contributed by atoms with Gasteiger partial charge in [-0.05, 0) is 79.4 Å². The largest absolute Gasteiger partial charge is 0.506 e. The lowest BCUT2D eigenvalue weighted by Gasteiger charge is -2.08. The van der Waals surface area contributed by atoms with E-state index < -0.39 is 5.97 Å². The minimum Gasteiger partial charge on any atom is -0.506 e. The summed E-state index contributed by atoms with van der Waals surface area (Å²) in [5.74, 6) is -0.0919. The van der Waals surface area contributed by atoms with Crippen LogP contribution in [0.25, 0.3) is 33.4 Å². The fourth-order valence-corrected chi connectivity index (χ4v) is 5.21. The number of aryl methyl sites for hydroxylation is 1. The van der Waals surface area contributed by atoms with Crippen LogP contribution >= 0.6 is 0 Å². The summed E-state index contributed by atoms with van der Waals surface area (Å²) in [6, 6.07) is 26.1. The molecule has 0 aliphatic rings. The lowest BCUT2D eigenvalue weighted by Crippen LogP contribution is -2.08. The van der Waals surface area contributed by atoms with Crippen LogP contribution in [0.5, 0.6) is 11.5 Å². The summed E-state index contributed by atoms with van der Waals surface area (Å²) in [4.78, 5) is 14.3. The first-order chi connectivity index (χ1) is 23.3. The molecule has 248 valence electrons. The maximum Gasteiger partial charge on any atom is 0.333 e. The number of phenolic OH excluding ortho intramolecular Hbond substituents is 2. The van der Waals surface area contributed by atoms with Crippen LogP contribution in [0.2, 0.25) is 0 Å².